The number of benzene rings is 1. The van der Waals surface area contributed by atoms with Gasteiger partial charge in [0.15, 0.2) is 0 Å². The van der Waals surface area contributed by atoms with Crippen molar-refractivity contribution in [3.05, 3.63) is 36.6 Å². The zero-order valence-corrected chi connectivity index (χ0v) is 8.20. The van der Waals surface area contributed by atoms with Gasteiger partial charge in [0.05, 0.1) is 12.7 Å². The summed E-state index contributed by atoms with van der Waals surface area (Å²) in [4.78, 5) is 9.10. The molecule has 0 atom stereocenters. The minimum atomic E-state index is -4.32. The molecule has 0 aliphatic rings. The van der Waals surface area contributed by atoms with Gasteiger partial charge < -0.3 is 9.21 Å². The lowest BCUT2D eigenvalue weighted by atomic mass is 10.3. The van der Waals surface area contributed by atoms with Gasteiger partial charge in [-0.25, -0.2) is 0 Å². The molecule has 0 saturated carbocycles. The Morgan fingerprint density at radius 1 is 1.19 bits per heavy atom. The van der Waals surface area contributed by atoms with Crippen LogP contribution in [0.4, 0.5) is 13.2 Å². The predicted octanol–water partition coefficient (Wildman–Crippen LogP) is 3.57. The molecule has 0 N–H and O–H groups in total. The van der Waals surface area contributed by atoms with Crippen molar-refractivity contribution in [2.24, 2.45) is 0 Å². The molecular formula is C11H9F3O2. The minimum Gasteiger partial charge on any atom is -0.464 e. The van der Waals surface area contributed by atoms with Gasteiger partial charge in [-0.05, 0) is 12.1 Å². The lowest BCUT2D eigenvalue weighted by Crippen LogP contribution is -2.06. The number of carbonyl (C=O) groups is 1. The molecule has 86 valence electrons. The topological polar surface area (TPSA) is 30.2 Å². The van der Waals surface area contributed by atoms with E-state index in [-0.39, 0.29) is 6.29 Å². The third-order valence-corrected chi connectivity index (χ3v) is 1.68. The summed E-state index contributed by atoms with van der Waals surface area (Å²) in [7, 11) is 0. The highest BCUT2D eigenvalue weighted by Crippen LogP contribution is 2.16. The van der Waals surface area contributed by atoms with Crippen LogP contribution >= 0.6 is 0 Å². The standard InChI is InChI=1S/C8H6O.C3H3F3O/c1-2-4-8-7(3-1)5-6-9-8;4-3(5,6)1-2-7/h1-6H;2H,1H2. The lowest BCUT2D eigenvalue weighted by molar-refractivity contribution is -0.144. The Hall–Kier alpha value is -1.78. The van der Waals surface area contributed by atoms with E-state index in [1.54, 1.807) is 6.26 Å². The summed E-state index contributed by atoms with van der Waals surface area (Å²) < 4.78 is 37.6. The number of carbonyl (C=O) groups excluding carboxylic acids is 1. The molecule has 16 heavy (non-hydrogen) atoms. The van der Waals surface area contributed by atoms with Gasteiger partial charge in [0.2, 0.25) is 0 Å². The molecule has 0 unspecified atom stereocenters. The van der Waals surface area contributed by atoms with Gasteiger partial charge in [-0.15, -0.1) is 0 Å². The third-order valence-electron chi connectivity index (χ3n) is 1.68. The van der Waals surface area contributed by atoms with Crippen molar-refractivity contribution in [3.63, 3.8) is 0 Å². The molecule has 2 aromatic rings. The number of fused-ring (bicyclic) bond motifs is 1. The smallest absolute Gasteiger partial charge is 0.395 e. The minimum absolute atomic E-state index is 0.167. The van der Waals surface area contributed by atoms with Crippen molar-refractivity contribution in [3.8, 4) is 0 Å². The second kappa shape index (κ2) is 5.34. The summed E-state index contributed by atoms with van der Waals surface area (Å²) in [5.74, 6) is 0. The van der Waals surface area contributed by atoms with Crippen LogP contribution in [0, 0.1) is 0 Å². The fourth-order valence-electron chi connectivity index (χ4n) is 1.00. The van der Waals surface area contributed by atoms with Crippen LogP contribution in [0.25, 0.3) is 11.0 Å². The average Bonchev–Trinajstić information content (AvgIpc) is 2.64. The van der Waals surface area contributed by atoms with Crippen molar-refractivity contribution in [1.29, 1.82) is 0 Å². The Balaban J connectivity index is 0.000000168. The quantitative estimate of drug-likeness (QED) is 0.701. The molecule has 1 heterocycles. The number of halogens is 3. The van der Waals surface area contributed by atoms with Crippen LogP contribution in [-0.4, -0.2) is 12.5 Å². The second-order valence-electron chi connectivity index (χ2n) is 2.94. The maximum Gasteiger partial charge on any atom is 0.395 e. The lowest BCUT2D eigenvalue weighted by Gasteiger charge is -1.95. The van der Waals surface area contributed by atoms with Gasteiger partial charge in [-0.3, -0.25) is 0 Å². The maximum atomic E-state index is 10.8. The van der Waals surface area contributed by atoms with Gasteiger partial charge in [-0.2, -0.15) is 13.2 Å². The first-order valence-electron chi connectivity index (χ1n) is 4.45. The Bertz CT molecular complexity index is 415. The molecular weight excluding hydrogens is 221 g/mol. The molecule has 0 amide bonds. The van der Waals surface area contributed by atoms with Crippen LogP contribution in [0.15, 0.2) is 41.0 Å². The van der Waals surface area contributed by atoms with Crippen molar-refractivity contribution in [1.82, 2.24) is 0 Å². The molecule has 0 spiro atoms. The van der Waals surface area contributed by atoms with E-state index in [2.05, 4.69) is 0 Å². The normalized spacial score (nSPS) is 10.7. The van der Waals surface area contributed by atoms with E-state index in [0.717, 1.165) is 11.0 Å². The largest absolute Gasteiger partial charge is 0.464 e. The van der Waals surface area contributed by atoms with Crippen molar-refractivity contribution >= 4 is 17.3 Å². The van der Waals surface area contributed by atoms with Gasteiger partial charge in [0.25, 0.3) is 0 Å². The molecule has 1 aromatic heterocycles. The first-order valence-corrected chi connectivity index (χ1v) is 4.45. The Morgan fingerprint density at radius 2 is 1.88 bits per heavy atom. The molecule has 0 saturated heterocycles. The first-order chi connectivity index (χ1) is 7.53. The molecule has 1 aromatic carbocycles. The van der Waals surface area contributed by atoms with Crippen LogP contribution in [-0.2, 0) is 4.79 Å². The van der Waals surface area contributed by atoms with Crippen LogP contribution in [0.5, 0.6) is 0 Å². The van der Waals surface area contributed by atoms with E-state index in [0.29, 0.717) is 0 Å². The Kier molecular flexibility index (Phi) is 4.10. The first kappa shape index (κ1) is 12.3. The highest BCUT2D eigenvalue weighted by atomic mass is 19.4. The van der Waals surface area contributed by atoms with Gasteiger partial charge in [-0.1, -0.05) is 18.2 Å². The number of aldehydes is 1. The van der Waals surface area contributed by atoms with Gasteiger partial charge in [0, 0.05) is 5.39 Å². The molecule has 0 fully saturated rings. The number of hydrogen-bond acceptors (Lipinski definition) is 2. The molecule has 0 aliphatic carbocycles. The molecule has 2 rings (SSSR count). The van der Waals surface area contributed by atoms with E-state index < -0.39 is 12.6 Å². The number of para-hydroxylation sites is 1. The van der Waals surface area contributed by atoms with Crippen LogP contribution in [0.2, 0.25) is 0 Å². The molecule has 5 heteroatoms. The zero-order chi connectivity index (χ0) is 12.0. The predicted molar refractivity (Wildman–Crippen MR) is 53.0 cm³/mol. The Labute approximate surface area is 89.7 Å². The van der Waals surface area contributed by atoms with Crippen molar-refractivity contribution in [2.75, 3.05) is 0 Å². The fraction of sp³-hybridized carbons (Fsp3) is 0.182. The van der Waals surface area contributed by atoms with Crippen LogP contribution < -0.4 is 0 Å². The van der Waals surface area contributed by atoms with E-state index in [1.807, 2.05) is 30.3 Å². The summed E-state index contributed by atoms with van der Waals surface area (Å²) in [5.41, 5.74) is 0.956. The van der Waals surface area contributed by atoms with E-state index in [1.165, 1.54) is 0 Å². The van der Waals surface area contributed by atoms with Crippen LogP contribution in [0.3, 0.4) is 0 Å². The summed E-state index contributed by atoms with van der Waals surface area (Å²) >= 11 is 0. The maximum absolute atomic E-state index is 10.8. The monoisotopic (exact) mass is 230 g/mol. The van der Waals surface area contributed by atoms with Gasteiger partial charge >= 0.3 is 6.18 Å². The highest BCUT2D eigenvalue weighted by Gasteiger charge is 2.25. The molecule has 0 bridgehead atoms. The van der Waals surface area contributed by atoms with Crippen LogP contribution in [0.1, 0.15) is 6.42 Å². The second-order valence-corrected chi connectivity index (χ2v) is 2.94. The van der Waals surface area contributed by atoms with Gasteiger partial charge in [0.1, 0.15) is 11.9 Å². The Morgan fingerprint density at radius 3 is 2.38 bits per heavy atom. The number of alkyl halides is 3. The van der Waals surface area contributed by atoms with E-state index >= 15 is 0 Å². The molecule has 0 aliphatic heterocycles. The third kappa shape index (κ3) is 4.16. The summed E-state index contributed by atoms with van der Waals surface area (Å²) in [6, 6.07) is 9.90. The number of rotatable bonds is 1. The summed E-state index contributed by atoms with van der Waals surface area (Å²) in [6.07, 6.45) is -4.13. The average molecular weight is 230 g/mol. The van der Waals surface area contributed by atoms with Crippen molar-refractivity contribution in [2.45, 2.75) is 12.6 Å². The molecule has 0 radical (unpaired) electrons. The SMILES string of the molecule is O=CCC(F)(F)F.c1ccc2occc2c1. The summed E-state index contributed by atoms with van der Waals surface area (Å²) in [6.45, 7) is 0. The number of furan rings is 1. The van der Waals surface area contributed by atoms with E-state index in [4.69, 9.17) is 9.21 Å². The zero-order valence-electron chi connectivity index (χ0n) is 8.20. The van der Waals surface area contributed by atoms with Crippen molar-refractivity contribution < 1.29 is 22.4 Å². The molecule has 2 nitrogen and oxygen atoms in total. The summed E-state index contributed by atoms with van der Waals surface area (Å²) in [5, 5.41) is 1.16. The number of hydrogen-bond donors (Lipinski definition) is 0. The highest BCUT2D eigenvalue weighted by molar-refractivity contribution is 5.76. The fourth-order valence-corrected chi connectivity index (χ4v) is 1.00. The van der Waals surface area contributed by atoms with E-state index in [9.17, 15) is 13.2 Å².